The highest BCUT2D eigenvalue weighted by Gasteiger charge is 2.11. The van der Waals surface area contributed by atoms with E-state index in [0.29, 0.717) is 30.3 Å². The largest absolute Gasteiger partial charge is 0.490 e. The van der Waals surface area contributed by atoms with Crippen molar-refractivity contribution in [2.75, 3.05) is 32.3 Å². The molecule has 1 N–H and O–H groups in total. The number of methoxy groups -OCH3 is 1. The SMILES string of the molecule is CCCCOc1cc(/C=C(\OC)C(=O)O)ccc1OCCc1ccc(N(C)Cc2cccc3ccccc23)cc1. The first-order valence-electron chi connectivity index (χ1n) is 13.6. The minimum Gasteiger partial charge on any atom is -0.490 e. The van der Waals surface area contributed by atoms with Gasteiger partial charge in [0.25, 0.3) is 0 Å². The van der Waals surface area contributed by atoms with E-state index in [1.54, 1.807) is 12.1 Å². The quantitative estimate of drug-likeness (QED) is 0.103. The van der Waals surface area contributed by atoms with Crippen molar-refractivity contribution >= 4 is 28.5 Å². The van der Waals surface area contributed by atoms with Crippen molar-refractivity contribution in [3.63, 3.8) is 0 Å². The first kappa shape index (κ1) is 28.6. The molecule has 0 unspecified atom stereocenters. The van der Waals surface area contributed by atoms with E-state index in [9.17, 15) is 9.90 Å². The fourth-order valence-corrected chi connectivity index (χ4v) is 4.51. The summed E-state index contributed by atoms with van der Waals surface area (Å²) in [6.45, 7) is 3.98. The number of carboxylic acid groups (broad SMARTS) is 1. The van der Waals surface area contributed by atoms with Crippen LogP contribution in [0.1, 0.15) is 36.5 Å². The Balaban J connectivity index is 1.38. The van der Waals surface area contributed by atoms with Crippen LogP contribution in [0.2, 0.25) is 0 Å². The number of benzene rings is 4. The number of aliphatic carboxylic acids is 1. The molecule has 0 fully saturated rings. The zero-order valence-corrected chi connectivity index (χ0v) is 23.4. The Morgan fingerprint density at radius 1 is 0.900 bits per heavy atom. The van der Waals surface area contributed by atoms with Crippen LogP contribution in [-0.4, -0.2) is 38.4 Å². The fraction of sp³-hybridized carbons (Fsp3) is 0.265. The van der Waals surface area contributed by atoms with E-state index in [1.165, 1.54) is 35.1 Å². The maximum Gasteiger partial charge on any atom is 0.371 e. The van der Waals surface area contributed by atoms with Gasteiger partial charge in [0.15, 0.2) is 11.5 Å². The fourth-order valence-electron chi connectivity index (χ4n) is 4.51. The summed E-state index contributed by atoms with van der Waals surface area (Å²) in [4.78, 5) is 13.6. The highest BCUT2D eigenvalue weighted by Crippen LogP contribution is 2.30. The lowest BCUT2D eigenvalue weighted by molar-refractivity contribution is -0.135. The maximum absolute atomic E-state index is 11.3. The normalized spacial score (nSPS) is 11.3. The summed E-state index contributed by atoms with van der Waals surface area (Å²) < 4.78 is 17.0. The van der Waals surface area contributed by atoms with Gasteiger partial charge in [0.05, 0.1) is 20.3 Å². The van der Waals surface area contributed by atoms with Crippen molar-refractivity contribution in [3.8, 4) is 11.5 Å². The van der Waals surface area contributed by atoms with Crippen LogP contribution < -0.4 is 14.4 Å². The van der Waals surface area contributed by atoms with E-state index in [-0.39, 0.29) is 5.76 Å². The molecule has 0 spiro atoms. The molecule has 0 heterocycles. The van der Waals surface area contributed by atoms with Crippen molar-refractivity contribution in [1.82, 2.24) is 0 Å². The molecule has 0 saturated carbocycles. The summed E-state index contributed by atoms with van der Waals surface area (Å²) in [7, 11) is 3.45. The molecule has 4 rings (SSSR count). The first-order valence-corrected chi connectivity index (χ1v) is 13.6. The monoisotopic (exact) mass is 539 g/mol. The maximum atomic E-state index is 11.3. The molecule has 0 bridgehead atoms. The van der Waals surface area contributed by atoms with Gasteiger partial charge in [-0.1, -0.05) is 74.0 Å². The summed E-state index contributed by atoms with van der Waals surface area (Å²) in [5.74, 6) is -0.0381. The topological polar surface area (TPSA) is 68.2 Å². The molecule has 0 radical (unpaired) electrons. The van der Waals surface area contributed by atoms with E-state index in [1.807, 2.05) is 6.07 Å². The van der Waals surface area contributed by atoms with E-state index in [0.717, 1.165) is 31.5 Å². The molecular weight excluding hydrogens is 502 g/mol. The van der Waals surface area contributed by atoms with Crippen molar-refractivity contribution in [2.45, 2.75) is 32.7 Å². The molecule has 208 valence electrons. The Morgan fingerprint density at radius 3 is 2.40 bits per heavy atom. The second-order valence-corrected chi connectivity index (χ2v) is 9.69. The Bertz CT molecular complexity index is 1440. The van der Waals surface area contributed by atoms with Gasteiger partial charge in [-0.25, -0.2) is 4.79 Å². The predicted molar refractivity (Wildman–Crippen MR) is 161 cm³/mol. The van der Waals surface area contributed by atoms with E-state index in [2.05, 4.69) is 85.6 Å². The third kappa shape index (κ3) is 7.56. The second kappa shape index (κ2) is 14.1. The van der Waals surface area contributed by atoms with Crippen LogP contribution in [0.4, 0.5) is 5.69 Å². The molecule has 6 nitrogen and oxygen atoms in total. The van der Waals surface area contributed by atoms with Crippen LogP contribution in [0.15, 0.2) is 90.7 Å². The zero-order chi connectivity index (χ0) is 28.3. The molecule has 0 aliphatic heterocycles. The first-order chi connectivity index (χ1) is 19.5. The smallest absolute Gasteiger partial charge is 0.371 e. The van der Waals surface area contributed by atoms with Gasteiger partial charge in [-0.05, 0) is 64.2 Å². The number of rotatable bonds is 14. The van der Waals surface area contributed by atoms with Crippen LogP contribution in [0.5, 0.6) is 11.5 Å². The van der Waals surface area contributed by atoms with Gasteiger partial charge in [-0.15, -0.1) is 0 Å². The lowest BCUT2D eigenvalue weighted by Gasteiger charge is -2.21. The molecule has 0 saturated heterocycles. The number of fused-ring (bicyclic) bond motifs is 1. The zero-order valence-electron chi connectivity index (χ0n) is 23.4. The van der Waals surface area contributed by atoms with Gasteiger partial charge < -0.3 is 24.2 Å². The number of carbonyl (C=O) groups is 1. The Morgan fingerprint density at radius 2 is 1.65 bits per heavy atom. The van der Waals surface area contributed by atoms with Gasteiger partial charge in [-0.3, -0.25) is 0 Å². The summed E-state index contributed by atoms with van der Waals surface area (Å²) in [5, 5.41) is 11.8. The average molecular weight is 540 g/mol. The number of hydrogen-bond acceptors (Lipinski definition) is 5. The van der Waals surface area contributed by atoms with Crippen LogP contribution in [-0.2, 0) is 22.5 Å². The third-order valence-corrected chi connectivity index (χ3v) is 6.76. The lowest BCUT2D eigenvalue weighted by atomic mass is 10.0. The third-order valence-electron chi connectivity index (χ3n) is 6.76. The van der Waals surface area contributed by atoms with E-state index < -0.39 is 5.97 Å². The molecule has 6 heteroatoms. The van der Waals surface area contributed by atoms with Gasteiger partial charge >= 0.3 is 5.97 Å². The Labute approximate surface area is 236 Å². The van der Waals surface area contributed by atoms with Gasteiger partial charge in [0.1, 0.15) is 0 Å². The summed E-state index contributed by atoms with van der Waals surface area (Å²) in [6, 6.07) is 28.9. The molecule has 4 aromatic rings. The Kier molecular flexibility index (Phi) is 10.1. The van der Waals surface area contributed by atoms with Gasteiger partial charge in [0, 0.05) is 25.7 Å². The minimum absolute atomic E-state index is 0.139. The number of unbranched alkanes of at least 4 members (excludes halogenated alkanes) is 1. The number of carboxylic acids is 1. The average Bonchev–Trinajstić information content (AvgIpc) is 2.97. The number of nitrogens with zero attached hydrogens (tertiary/aromatic N) is 1. The molecule has 0 atom stereocenters. The molecule has 4 aromatic carbocycles. The molecule has 0 amide bonds. The minimum atomic E-state index is -1.12. The van der Waals surface area contributed by atoms with Gasteiger partial charge in [0.2, 0.25) is 5.76 Å². The molecule has 0 aromatic heterocycles. The number of anilines is 1. The molecular formula is C34H37NO5. The predicted octanol–water partition coefficient (Wildman–Crippen LogP) is 7.35. The van der Waals surface area contributed by atoms with Crippen molar-refractivity contribution < 1.29 is 24.1 Å². The molecule has 40 heavy (non-hydrogen) atoms. The van der Waals surface area contributed by atoms with Crippen LogP contribution in [0, 0.1) is 0 Å². The van der Waals surface area contributed by atoms with E-state index >= 15 is 0 Å². The van der Waals surface area contributed by atoms with Crippen LogP contribution >= 0.6 is 0 Å². The molecule has 0 aliphatic carbocycles. The van der Waals surface area contributed by atoms with Crippen molar-refractivity contribution in [3.05, 3.63) is 107 Å². The summed E-state index contributed by atoms with van der Waals surface area (Å²) >= 11 is 0. The van der Waals surface area contributed by atoms with Crippen molar-refractivity contribution in [2.24, 2.45) is 0 Å². The number of hydrogen-bond donors (Lipinski definition) is 1. The summed E-state index contributed by atoms with van der Waals surface area (Å²) in [6.07, 6.45) is 4.14. The summed E-state index contributed by atoms with van der Waals surface area (Å²) in [5.41, 5.74) is 4.31. The van der Waals surface area contributed by atoms with Crippen LogP contribution in [0.25, 0.3) is 16.8 Å². The second-order valence-electron chi connectivity index (χ2n) is 9.69. The molecule has 0 aliphatic rings. The number of ether oxygens (including phenoxy) is 3. The van der Waals surface area contributed by atoms with E-state index in [4.69, 9.17) is 14.2 Å². The van der Waals surface area contributed by atoms with Crippen LogP contribution in [0.3, 0.4) is 0 Å². The lowest BCUT2D eigenvalue weighted by Crippen LogP contribution is -2.16. The van der Waals surface area contributed by atoms with Crippen molar-refractivity contribution in [1.29, 1.82) is 0 Å². The highest BCUT2D eigenvalue weighted by molar-refractivity contribution is 5.90. The highest BCUT2D eigenvalue weighted by atomic mass is 16.5. The standard InChI is InChI=1S/C34H37NO5/c1-4-5-20-39-32-22-26(23-33(38-3)34(36)37)15-18-31(32)40-21-19-25-13-16-29(17-14-25)35(2)24-28-11-8-10-27-9-6-7-12-30(27)28/h6-18,22-23H,4-5,19-21,24H2,1-3H3,(H,36,37)/b33-23-. The Hall–Kier alpha value is -4.45. The van der Waals surface area contributed by atoms with Gasteiger partial charge in [-0.2, -0.15) is 0 Å².